The molecule has 9 nitrogen and oxygen atoms in total. The maximum atomic E-state index is 15.4. The molecule has 3 N–H and O–H groups in total. The van der Waals surface area contributed by atoms with Gasteiger partial charge in [-0.05, 0) is 84.6 Å². The second-order valence-corrected chi connectivity index (χ2v) is 14.9. The average Bonchev–Trinajstić information content (AvgIpc) is 3.73. The molecule has 8 aromatic rings. The van der Waals surface area contributed by atoms with Gasteiger partial charge in [-0.25, -0.2) is 18.7 Å². The number of rotatable bonds is 9. The molecule has 5 heterocycles. The highest BCUT2D eigenvalue weighted by Gasteiger charge is 2.50. The van der Waals surface area contributed by atoms with Crippen LogP contribution in [0.2, 0.25) is 0 Å². The number of benzene rings is 4. The summed E-state index contributed by atoms with van der Waals surface area (Å²) in [4.78, 5) is 25.3. The summed E-state index contributed by atoms with van der Waals surface area (Å²) in [5.41, 5.74) is 6.37. The third kappa shape index (κ3) is 5.89. The van der Waals surface area contributed by atoms with Crippen molar-refractivity contribution in [2.75, 3.05) is 19.6 Å². The molecule has 290 valence electrons. The number of carbonyl (C=O) groups is 1. The third-order valence-corrected chi connectivity index (χ3v) is 11.6. The maximum Gasteiger partial charge on any atom is 0.210 e. The van der Waals surface area contributed by atoms with Crippen LogP contribution in [-0.2, 0) is 23.2 Å². The number of nitrogens with one attached hydrogen (secondary N) is 1. The molecule has 1 aliphatic heterocycles. The van der Waals surface area contributed by atoms with Gasteiger partial charge in [-0.1, -0.05) is 60.7 Å². The van der Waals surface area contributed by atoms with Gasteiger partial charge in [0.05, 0.1) is 12.4 Å². The first-order valence-corrected chi connectivity index (χ1v) is 19.2. The van der Waals surface area contributed by atoms with E-state index in [-0.39, 0.29) is 49.1 Å². The molecule has 0 spiro atoms. The summed E-state index contributed by atoms with van der Waals surface area (Å²) in [5.74, 6) is -0.849. The van der Waals surface area contributed by atoms with E-state index in [0.717, 1.165) is 28.9 Å². The highest BCUT2D eigenvalue weighted by molar-refractivity contribution is 5.93. The van der Waals surface area contributed by atoms with Gasteiger partial charge in [-0.15, -0.1) is 0 Å². The van der Waals surface area contributed by atoms with Crippen LogP contribution >= 0.6 is 0 Å². The number of carbonyl (C=O) groups excluding carboxylic acids is 1. The zero-order valence-electron chi connectivity index (χ0n) is 32.0. The van der Waals surface area contributed by atoms with E-state index in [1.165, 1.54) is 24.5 Å². The van der Waals surface area contributed by atoms with Crippen molar-refractivity contribution in [2.24, 2.45) is 0 Å². The van der Waals surface area contributed by atoms with Crippen molar-refractivity contribution in [1.29, 1.82) is 0 Å². The van der Waals surface area contributed by atoms with E-state index in [1.54, 1.807) is 43.0 Å². The van der Waals surface area contributed by atoms with Gasteiger partial charge in [0.15, 0.2) is 0 Å². The second-order valence-electron chi connectivity index (χ2n) is 14.9. The van der Waals surface area contributed by atoms with E-state index in [2.05, 4.69) is 5.32 Å². The number of hydrogen-bond acceptors (Lipinski definition) is 6. The molecular formula is C47H40F2N6O3. The van der Waals surface area contributed by atoms with Crippen LogP contribution in [0.4, 0.5) is 8.78 Å². The molecule has 1 aliphatic rings. The Balaban J connectivity index is 1.50. The summed E-state index contributed by atoms with van der Waals surface area (Å²) in [6, 6.07) is 32.8. The molecule has 1 saturated heterocycles. The highest BCUT2D eigenvalue weighted by Crippen LogP contribution is 2.50. The molecule has 0 atom stereocenters. The highest BCUT2D eigenvalue weighted by atomic mass is 19.1. The number of aromatic hydroxyl groups is 2. The van der Waals surface area contributed by atoms with Gasteiger partial charge in [-0.3, -0.25) is 13.9 Å². The summed E-state index contributed by atoms with van der Waals surface area (Å²) in [7, 11) is 0. The first-order valence-electron chi connectivity index (χ1n) is 19.2. The molecule has 9 rings (SSSR count). The average molecular weight is 775 g/mol. The quantitative estimate of drug-likeness (QED) is 0.128. The van der Waals surface area contributed by atoms with Gasteiger partial charge in [0, 0.05) is 77.1 Å². The Morgan fingerprint density at radius 1 is 0.690 bits per heavy atom. The van der Waals surface area contributed by atoms with E-state index in [9.17, 15) is 15.0 Å². The maximum absolute atomic E-state index is 15.4. The van der Waals surface area contributed by atoms with Crippen molar-refractivity contribution in [3.05, 3.63) is 178 Å². The zero-order chi connectivity index (χ0) is 40.1. The summed E-state index contributed by atoms with van der Waals surface area (Å²) < 4.78 is 34.8. The Hall–Kier alpha value is -6.85. The number of fused-ring (bicyclic) bond motifs is 2. The molecule has 4 aromatic heterocycles. The lowest BCUT2D eigenvalue weighted by molar-refractivity contribution is -0.124. The van der Waals surface area contributed by atoms with Crippen LogP contribution < -0.4 is 5.32 Å². The lowest BCUT2D eigenvalue weighted by Crippen LogP contribution is -2.59. The predicted molar refractivity (Wildman–Crippen MR) is 220 cm³/mol. The minimum absolute atomic E-state index is 0.0781. The van der Waals surface area contributed by atoms with Gasteiger partial charge in [0.25, 0.3) is 0 Å². The van der Waals surface area contributed by atoms with Crippen molar-refractivity contribution in [3.63, 3.8) is 0 Å². The van der Waals surface area contributed by atoms with Crippen molar-refractivity contribution >= 4 is 28.5 Å². The largest absolute Gasteiger partial charge is 0.506 e. The van der Waals surface area contributed by atoms with Gasteiger partial charge in [0.2, 0.25) is 6.41 Å². The fraction of sp³-hybridized carbons (Fsp3) is 0.170. The molecule has 0 saturated carbocycles. The molecule has 1 fully saturated rings. The predicted octanol–water partition coefficient (Wildman–Crippen LogP) is 8.16. The fourth-order valence-electron chi connectivity index (χ4n) is 8.92. The van der Waals surface area contributed by atoms with Crippen molar-refractivity contribution in [2.45, 2.75) is 32.2 Å². The van der Waals surface area contributed by atoms with E-state index < -0.39 is 5.54 Å². The third-order valence-electron chi connectivity index (χ3n) is 11.6. The smallest absolute Gasteiger partial charge is 0.210 e. The molecule has 1 amide bonds. The first-order chi connectivity index (χ1) is 28.2. The number of para-hydroxylation sites is 2. The number of pyridine rings is 2. The summed E-state index contributed by atoms with van der Waals surface area (Å²) >= 11 is 0. The number of piperazine rings is 1. The van der Waals surface area contributed by atoms with Crippen molar-refractivity contribution in [1.82, 2.24) is 29.3 Å². The lowest BCUT2D eigenvalue weighted by Gasteiger charge is -2.47. The van der Waals surface area contributed by atoms with Crippen LogP contribution in [0.1, 0.15) is 44.8 Å². The Labute approximate surface area is 333 Å². The molecule has 0 aliphatic carbocycles. The van der Waals surface area contributed by atoms with Gasteiger partial charge in [-0.2, -0.15) is 0 Å². The van der Waals surface area contributed by atoms with Crippen LogP contribution in [-0.4, -0.2) is 60.3 Å². The molecule has 11 heteroatoms. The Kier molecular flexibility index (Phi) is 9.24. The SMILES string of the molecule is Cc1c(F)cccc1Cc1c(C2(c3c(Cc4cccc(F)c4C)n(-c4ccccc4)c4ncc(O)cc34)CNCCN2C=O)c2cc(O)cnc2n1-c1ccccc1. The number of nitrogens with zero attached hydrogens (tertiary/aromatic N) is 5. The molecule has 4 aromatic carbocycles. The number of amides is 1. The van der Waals surface area contributed by atoms with E-state index >= 15 is 8.78 Å². The normalized spacial score (nSPS) is 14.0. The summed E-state index contributed by atoms with van der Waals surface area (Å²) in [6.07, 6.45) is 4.08. The Morgan fingerprint density at radius 2 is 1.16 bits per heavy atom. The Bertz CT molecular complexity index is 2670. The molecule has 0 bridgehead atoms. The molecule has 58 heavy (non-hydrogen) atoms. The lowest BCUT2D eigenvalue weighted by atomic mass is 9.75. The molecule has 0 radical (unpaired) electrons. The minimum Gasteiger partial charge on any atom is -0.506 e. The monoisotopic (exact) mass is 774 g/mol. The van der Waals surface area contributed by atoms with Gasteiger partial charge < -0.3 is 20.4 Å². The first kappa shape index (κ1) is 36.8. The fourth-order valence-corrected chi connectivity index (χ4v) is 8.92. The number of halogens is 2. The van der Waals surface area contributed by atoms with E-state index in [0.29, 0.717) is 62.3 Å². The number of aromatic nitrogens is 4. The van der Waals surface area contributed by atoms with Crippen molar-refractivity contribution in [3.8, 4) is 22.9 Å². The second kappa shape index (κ2) is 14.6. The number of hydrogen-bond donors (Lipinski definition) is 3. The van der Waals surface area contributed by atoms with E-state index in [1.807, 2.05) is 81.9 Å². The minimum atomic E-state index is -1.38. The molecular weight excluding hydrogens is 735 g/mol. The standard InChI is InChI=1S/C47H40F2N6O3/c1-29-31(11-9-17-39(29)48)21-41-43(37-23-35(57)25-51-45(37)54(41)33-13-5-3-6-14-33)47(27-50-19-20-53(47)28-56)44-38-24-36(58)26-52-46(38)55(34-15-7-4-8-16-34)42(44)22-32-12-10-18-40(49)30(32)2/h3-18,23-26,28,50,57-58H,19-22,27H2,1-2H3. The van der Waals surface area contributed by atoms with Crippen molar-refractivity contribution < 1.29 is 23.8 Å². The molecule has 0 unspecified atom stereocenters. The van der Waals surface area contributed by atoms with Crippen LogP contribution in [0.15, 0.2) is 122 Å². The van der Waals surface area contributed by atoms with Gasteiger partial charge >= 0.3 is 0 Å². The zero-order valence-corrected chi connectivity index (χ0v) is 32.0. The van der Waals surface area contributed by atoms with Crippen LogP contribution in [0.3, 0.4) is 0 Å². The van der Waals surface area contributed by atoms with Crippen LogP contribution in [0.5, 0.6) is 11.5 Å². The summed E-state index contributed by atoms with van der Waals surface area (Å²) in [5, 5.41) is 27.2. The Morgan fingerprint density at radius 3 is 1.60 bits per heavy atom. The van der Waals surface area contributed by atoms with Crippen LogP contribution in [0, 0.1) is 25.5 Å². The van der Waals surface area contributed by atoms with E-state index in [4.69, 9.17) is 9.97 Å². The van der Waals surface area contributed by atoms with Gasteiger partial charge in [0.1, 0.15) is 40.0 Å². The topological polar surface area (TPSA) is 108 Å². The van der Waals surface area contributed by atoms with Crippen LogP contribution in [0.25, 0.3) is 33.4 Å². The summed E-state index contributed by atoms with van der Waals surface area (Å²) in [6.45, 7) is 4.47.